The molecule has 0 heterocycles. The van der Waals surface area contributed by atoms with Crippen molar-refractivity contribution in [2.45, 2.75) is 79.1 Å². The summed E-state index contributed by atoms with van der Waals surface area (Å²) in [6.07, 6.45) is 9.22. The molecule has 0 saturated carbocycles. The van der Waals surface area contributed by atoms with Crippen molar-refractivity contribution < 1.29 is 28.5 Å². The van der Waals surface area contributed by atoms with Gasteiger partial charge in [-0.05, 0) is 45.4 Å². The second-order valence-corrected chi connectivity index (χ2v) is 11.2. The molecule has 2 aromatic rings. The molecule has 0 saturated heterocycles. The summed E-state index contributed by atoms with van der Waals surface area (Å²) in [7, 11) is 4.48. The van der Waals surface area contributed by atoms with E-state index in [1.54, 1.807) is 33.5 Å². The molecule has 0 spiro atoms. The fourth-order valence-electron chi connectivity index (χ4n) is 4.45. The van der Waals surface area contributed by atoms with Crippen LogP contribution in [-0.2, 0) is 0 Å². The number of methoxy groups -OCH3 is 3. The molecule has 0 fully saturated rings. The molecule has 8 heteroatoms. The van der Waals surface area contributed by atoms with Gasteiger partial charge in [-0.15, -0.1) is 0 Å². The van der Waals surface area contributed by atoms with Crippen LogP contribution < -0.4 is 29.0 Å². The van der Waals surface area contributed by atoms with Crippen LogP contribution in [0.15, 0.2) is 30.3 Å². The average molecular weight is 569 g/mol. The van der Waals surface area contributed by atoms with Crippen molar-refractivity contribution in [3.05, 3.63) is 35.9 Å². The summed E-state index contributed by atoms with van der Waals surface area (Å²) >= 11 is 0. The van der Waals surface area contributed by atoms with Crippen molar-refractivity contribution in [3.8, 4) is 28.7 Å². The fourth-order valence-corrected chi connectivity index (χ4v) is 5.50. The summed E-state index contributed by atoms with van der Waals surface area (Å²) in [4.78, 5) is 13.6. The molecule has 0 radical (unpaired) electrons. The molecule has 40 heavy (non-hydrogen) atoms. The van der Waals surface area contributed by atoms with E-state index in [0.29, 0.717) is 53.6 Å². The van der Waals surface area contributed by atoms with Gasteiger partial charge in [-0.1, -0.05) is 66.2 Å². The van der Waals surface area contributed by atoms with Gasteiger partial charge in [0.1, 0.15) is 34.3 Å². The van der Waals surface area contributed by atoms with Crippen LogP contribution in [0.4, 0.5) is 0 Å². The first-order valence-electron chi connectivity index (χ1n) is 14.4. The molecule has 2 rings (SSSR count). The summed E-state index contributed by atoms with van der Waals surface area (Å²) in [5.41, 5.74) is 0.315. The van der Waals surface area contributed by atoms with Crippen molar-refractivity contribution in [1.82, 2.24) is 0 Å². The number of ether oxygens (including phenoxy) is 5. The minimum atomic E-state index is -0.171. The Kier molecular flexibility index (Phi) is 18.2. The third-order valence-electron chi connectivity index (χ3n) is 7.19. The van der Waals surface area contributed by atoms with Crippen LogP contribution in [0.3, 0.4) is 0 Å². The molecule has 0 aliphatic rings. The Bertz CT molecular complexity index is 990. The first kappa shape index (κ1) is 36.2. The number of benzene rings is 2. The molecular weight excluding hydrogens is 518 g/mol. The number of carbonyl (C=O) groups excluding carboxylic acids is 1. The molecule has 3 unspecified atom stereocenters. The predicted octanol–water partition coefficient (Wildman–Crippen LogP) is 7.40. The Morgan fingerprint density at radius 3 is 1.73 bits per heavy atom. The molecule has 0 N–H and O–H groups in total. The van der Waals surface area contributed by atoms with Crippen LogP contribution >= 0.6 is 8.58 Å². The van der Waals surface area contributed by atoms with E-state index < -0.39 is 0 Å². The van der Waals surface area contributed by atoms with Gasteiger partial charge in [0.2, 0.25) is 0 Å². The van der Waals surface area contributed by atoms with E-state index in [9.17, 15) is 4.79 Å². The summed E-state index contributed by atoms with van der Waals surface area (Å²) < 4.78 is 29.0. The number of carbonyl (C=O) groups is 1. The quantitative estimate of drug-likeness (QED) is 0.123. The normalized spacial score (nSPS) is 12.5. The van der Waals surface area contributed by atoms with E-state index in [2.05, 4.69) is 27.7 Å². The molecular formula is C32H50LiO6P. The predicted molar refractivity (Wildman–Crippen MR) is 170 cm³/mol. The van der Waals surface area contributed by atoms with E-state index in [-0.39, 0.29) is 33.0 Å². The van der Waals surface area contributed by atoms with Crippen LogP contribution in [0.2, 0.25) is 0 Å². The van der Waals surface area contributed by atoms with Gasteiger partial charge in [-0.3, -0.25) is 4.79 Å². The van der Waals surface area contributed by atoms with E-state index in [1.807, 2.05) is 18.2 Å². The van der Waals surface area contributed by atoms with Crippen LogP contribution in [0.1, 0.15) is 89.4 Å². The van der Waals surface area contributed by atoms with Crippen molar-refractivity contribution >= 4 is 38.3 Å². The zero-order valence-corrected chi connectivity index (χ0v) is 26.1. The molecule has 0 aromatic heterocycles. The van der Waals surface area contributed by atoms with Gasteiger partial charge in [-0.2, -0.15) is 0 Å². The van der Waals surface area contributed by atoms with Gasteiger partial charge >= 0.3 is 18.9 Å². The molecule has 0 amide bonds. The van der Waals surface area contributed by atoms with Crippen molar-refractivity contribution in [1.29, 1.82) is 0 Å². The van der Waals surface area contributed by atoms with Crippen molar-refractivity contribution in [2.75, 3.05) is 34.5 Å². The van der Waals surface area contributed by atoms with E-state index in [4.69, 9.17) is 23.7 Å². The number of hydrogen-bond acceptors (Lipinski definition) is 6. The maximum atomic E-state index is 13.6. The fraction of sp³-hybridized carbons (Fsp3) is 0.594. The van der Waals surface area contributed by atoms with Crippen LogP contribution in [0.5, 0.6) is 28.7 Å². The van der Waals surface area contributed by atoms with Crippen LogP contribution in [0, 0.1) is 11.8 Å². The molecule has 6 nitrogen and oxygen atoms in total. The molecule has 0 aliphatic heterocycles. The zero-order chi connectivity index (χ0) is 28.6. The SMILES string of the molecule is CCCCC(CC)COc1ccc(PC(=O)c2c(OC)cc(OC)cc2OC)c(OCC(CC)CCCC)c1.[LiH]. The Labute approximate surface area is 256 Å². The third kappa shape index (κ3) is 11.2. The van der Waals surface area contributed by atoms with Gasteiger partial charge in [0.15, 0.2) is 5.52 Å². The van der Waals surface area contributed by atoms with Gasteiger partial charge < -0.3 is 23.7 Å². The van der Waals surface area contributed by atoms with Gasteiger partial charge in [0.05, 0.1) is 34.5 Å². The molecule has 220 valence electrons. The Balaban J connectivity index is 0.00000800. The Morgan fingerprint density at radius 2 is 1.25 bits per heavy atom. The summed E-state index contributed by atoms with van der Waals surface area (Å²) in [6.45, 7) is 10.2. The summed E-state index contributed by atoms with van der Waals surface area (Å²) in [6, 6.07) is 9.28. The first-order chi connectivity index (χ1) is 18.9. The third-order valence-corrected chi connectivity index (χ3v) is 8.35. The standard InChI is InChI=1S/C32H49O6P.Li.H/c1-8-12-14-23(10-3)21-37-25-16-17-30(27(18-25)38-22-24(11-4)15-13-9-2)39-32(33)31-28(35-6)19-26(34-5)20-29(31)36-7;;/h16-20,23-24,39H,8-15,21-22H2,1-7H3;;. The van der Waals surface area contributed by atoms with Crippen LogP contribution in [-0.4, -0.2) is 58.9 Å². The van der Waals surface area contributed by atoms with Gasteiger partial charge in [0, 0.05) is 23.5 Å². The van der Waals surface area contributed by atoms with E-state index >= 15 is 0 Å². The van der Waals surface area contributed by atoms with E-state index in [0.717, 1.165) is 30.3 Å². The minimum absolute atomic E-state index is 0. The Hall–Kier alpha value is -1.86. The molecule has 2 aromatic carbocycles. The molecule has 3 atom stereocenters. The molecule has 0 aliphatic carbocycles. The van der Waals surface area contributed by atoms with Gasteiger partial charge in [-0.25, -0.2) is 0 Å². The van der Waals surface area contributed by atoms with Gasteiger partial charge in [0.25, 0.3) is 0 Å². The Morgan fingerprint density at radius 1 is 0.725 bits per heavy atom. The number of rotatable bonds is 20. The topological polar surface area (TPSA) is 63.2 Å². The number of hydrogen-bond donors (Lipinski definition) is 0. The van der Waals surface area contributed by atoms with E-state index in [1.165, 1.54) is 32.1 Å². The maximum absolute atomic E-state index is 13.6. The van der Waals surface area contributed by atoms with Crippen LogP contribution in [0.25, 0.3) is 0 Å². The molecule has 0 bridgehead atoms. The van der Waals surface area contributed by atoms with Crippen molar-refractivity contribution in [2.24, 2.45) is 11.8 Å². The second-order valence-electron chi connectivity index (χ2n) is 9.97. The summed E-state index contributed by atoms with van der Waals surface area (Å²) in [5.74, 6) is 3.91. The zero-order valence-electron chi connectivity index (χ0n) is 25.1. The summed E-state index contributed by atoms with van der Waals surface area (Å²) in [5, 5.41) is 0.843. The second kappa shape index (κ2) is 20.1. The first-order valence-corrected chi connectivity index (χ1v) is 15.4. The van der Waals surface area contributed by atoms with Crippen molar-refractivity contribution in [3.63, 3.8) is 0 Å². The average Bonchev–Trinajstić information content (AvgIpc) is 2.97. The number of unbranched alkanes of at least 4 members (excludes halogenated alkanes) is 2. The monoisotopic (exact) mass is 568 g/mol.